The van der Waals surface area contributed by atoms with Gasteiger partial charge in [0.15, 0.2) is 0 Å². The van der Waals surface area contributed by atoms with E-state index in [0.29, 0.717) is 13.1 Å². The highest BCUT2D eigenvalue weighted by Crippen LogP contribution is 2.11. The first-order valence-corrected chi connectivity index (χ1v) is 3.87. The molecular weight excluding hydrogens is 150 g/mol. The van der Waals surface area contributed by atoms with E-state index in [9.17, 15) is 8.78 Å². The summed E-state index contributed by atoms with van der Waals surface area (Å²) in [5, 5.41) is 2.99. The predicted octanol–water partition coefficient (Wildman–Crippen LogP) is 0.403. The number of halogens is 2. The molecule has 0 saturated carbocycles. The average Bonchev–Trinajstić information content (AvgIpc) is 2.13. The Morgan fingerprint density at radius 2 is 2.27 bits per heavy atom. The SMILES string of the molecule is CN1CCNCC(C(F)F)C1. The van der Waals surface area contributed by atoms with Crippen molar-refractivity contribution in [3.8, 4) is 0 Å². The average molecular weight is 164 g/mol. The molecule has 1 aliphatic heterocycles. The minimum Gasteiger partial charge on any atom is -0.315 e. The van der Waals surface area contributed by atoms with Gasteiger partial charge >= 0.3 is 0 Å². The second kappa shape index (κ2) is 3.97. The number of likely N-dealkylation sites (N-methyl/N-ethyl adjacent to an activating group) is 1. The van der Waals surface area contributed by atoms with Crippen molar-refractivity contribution in [2.24, 2.45) is 5.92 Å². The summed E-state index contributed by atoms with van der Waals surface area (Å²) in [7, 11) is 1.88. The molecule has 0 amide bonds. The lowest BCUT2D eigenvalue weighted by Gasteiger charge is -2.17. The highest BCUT2D eigenvalue weighted by molar-refractivity contribution is 4.72. The van der Waals surface area contributed by atoms with Gasteiger partial charge in [-0.2, -0.15) is 0 Å². The molecule has 4 heteroatoms. The second-order valence-corrected chi connectivity index (χ2v) is 3.06. The quantitative estimate of drug-likeness (QED) is 0.603. The van der Waals surface area contributed by atoms with E-state index in [-0.39, 0.29) is 0 Å². The molecule has 1 rings (SSSR count). The number of hydrogen-bond acceptors (Lipinski definition) is 2. The standard InChI is InChI=1S/C7H14F2N2/c1-11-3-2-10-4-6(5-11)7(8)9/h6-7,10H,2-5H2,1H3. The maximum absolute atomic E-state index is 12.2. The minimum absolute atomic E-state index is 0.446. The van der Waals surface area contributed by atoms with Crippen molar-refractivity contribution >= 4 is 0 Å². The molecular formula is C7H14F2N2. The largest absolute Gasteiger partial charge is 0.315 e. The third-order valence-electron chi connectivity index (χ3n) is 1.98. The van der Waals surface area contributed by atoms with E-state index < -0.39 is 12.3 Å². The highest BCUT2D eigenvalue weighted by atomic mass is 19.3. The van der Waals surface area contributed by atoms with Gasteiger partial charge in [0.2, 0.25) is 6.43 Å². The van der Waals surface area contributed by atoms with Crippen molar-refractivity contribution in [3.05, 3.63) is 0 Å². The summed E-state index contributed by atoms with van der Waals surface area (Å²) in [6.45, 7) is 2.63. The highest BCUT2D eigenvalue weighted by Gasteiger charge is 2.23. The predicted molar refractivity (Wildman–Crippen MR) is 39.9 cm³/mol. The summed E-state index contributed by atoms with van der Waals surface area (Å²) in [4.78, 5) is 1.94. The van der Waals surface area contributed by atoms with Crippen LogP contribution in [0.1, 0.15) is 0 Å². The number of hydrogen-bond donors (Lipinski definition) is 1. The number of nitrogens with one attached hydrogen (secondary N) is 1. The Hall–Kier alpha value is -0.220. The fourth-order valence-electron chi connectivity index (χ4n) is 1.28. The third-order valence-corrected chi connectivity index (χ3v) is 1.98. The summed E-state index contributed by atoms with van der Waals surface area (Å²) in [5.74, 6) is -0.498. The summed E-state index contributed by atoms with van der Waals surface area (Å²) in [6.07, 6.45) is -2.19. The fraction of sp³-hybridized carbons (Fsp3) is 1.00. The number of alkyl halides is 2. The molecule has 2 nitrogen and oxygen atoms in total. The number of nitrogens with zero attached hydrogens (tertiary/aromatic N) is 1. The summed E-state index contributed by atoms with van der Waals surface area (Å²) in [6, 6.07) is 0. The van der Waals surface area contributed by atoms with Gasteiger partial charge in [-0.3, -0.25) is 0 Å². The van der Waals surface area contributed by atoms with E-state index in [0.717, 1.165) is 13.1 Å². The van der Waals surface area contributed by atoms with Crippen molar-refractivity contribution in [2.75, 3.05) is 33.2 Å². The molecule has 1 unspecified atom stereocenters. The first kappa shape index (κ1) is 8.87. The van der Waals surface area contributed by atoms with Crippen LogP contribution in [0.15, 0.2) is 0 Å². The molecule has 11 heavy (non-hydrogen) atoms. The minimum atomic E-state index is -2.19. The molecule has 0 aromatic carbocycles. The zero-order chi connectivity index (χ0) is 8.27. The zero-order valence-corrected chi connectivity index (χ0v) is 6.69. The van der Waals surface area contributed by atoms with Crippen LogP contribution in [0.3, 0.4) is 0 Å². The summed E-state index contributed by atoms with van der Waals surface area (Å²) >= 11 is 0. The molecule has 0 aromatic rings. The van der Waals surface area contributed by atoms with Gasteiger partial charge in [0.05, 0.1) is 0 Å². The van der Waals surface area contributed by atoms with Crippen LogP contribution >= 0.6 is 0 Å². The van der Waals surface area contributed by atoms with Gasteiger partial charge in [0.1, 0.15) is 0 Å². The maximum atomic E-state index is 12.2. The fourth-order valence-corrected chi connectivity index (χ4v) is 1.28. The van der Waals surface area contributed by atoms with Gasteiger partial charge in [-0.15, -0.1) is 0 Å². The Kier molecular flexibility index (Phi) is 3.20. The van der Waals surface area contributed by atoms with E-state index >= 15 is 0 Å². The van der Waals surface area contributed by atoms with Crippen LogP contribution in [0.25, 0.3) is 0 Å². The Morgan fingerprint density at radius 1 is 1.55 bits per heavy atom. The van der Waals surface area contributed by atoms with E-state index in [1.54, 1.807) is 0 Å². The summed E-state index contributed by atoms with van der Waals surface area (Å²) in [5.41, 5.74) is 0. The van der Waals surface area contributed by atoms with Gasteiger partial charge in [0, 0.05) is 32.1 Å². The van der Waals surface area contributed by atoms with Crippen molar-refractivity contribution in [1.29, 1.82) is 0 Å². The molecule has 1 aliphatic rings. The monoisotopic (exact) mass is 164 g/mol. The van der Waals surface area contributed by atoms with Crippen LogP contribution < -0.4 is 5.32 Å². The smallest absolute Gasteiger partial charge is 0.243 e. The molecule has 1 heterocycles. The molecule has 1 N–H and O–H groups in total. The molecule has 0 aromatic heterocycles. The van der Waals surface area contributed by atoms with E-state index in [1.807, 2.05) is 11.9 Å². The Bertz CT molecular complexity index is 119. The molecule has 0 aliphatic carbocycles. The lowest BCUT2D eigenvalue weighted by Crippen LogP contribution is -2.30. The number of rotatable bonds is 1. The van der Waals surface area contributed by atoms with E-state index in [4.69, 9.17) is 0 Å². The van der Waals surface area contributed by atoms with Gasteiger partial charge < -0.3 is 10.2 Å². The van der Waals surface area contributed by atoms with Gasteiger partial charge in [-0.25, -0.2) is 8.78 Å². The van der Waals surface area contributed by atoms with Crippen LogP contribution in [0.4, 0.5) is 8.78 Å². The molecule has 0 bridgehead atoms. The van der Waals surface area contributed by atoms with Gasteiger partial charge in [-0.1, -0.05) is 0 Å². The van der Waals surface area contributed by atoms with Crippen molar-refractivity contribution in [1.82, 2.24) is 10.2 Å². The Morgan fingerprint density at radius 3 is 2.91 bits per heavy atom. The molecule has 66 valence electrons. The topological polar surface area (TPSA) is 15.3 Å². The van der Waals surface area contributed by atoms with E-state index in [1.165, 1.54) is 0 Å². The van der Waals surface area contributed by atoms with Crippen LogP contribution in [0.2, 0.25) is 0 Å². The first-order valence-electron chi connectivity index (χ1n) is 3.87. The molecule has 1 fully saturated rings. The van der Waals surface area contributed by atoms with Crippen LogP contribution in [0.5, 0.6) is 0 Å². The zero-order valence-electron chi connectivity index (χ0n) is 6.69. The first-order chi connectivity index (χ1) is 5.20. The lowest BCUT2D eigenvalue weighted by molar-refractivity contribution is 0.0659. The van der Waals surface area contributed by atoms with Crippen molar-refractivity contribution in [2.45, 2.75) is 6.43 Å². The van der Waals surface area contributed by atoms with E-state index in [2.05, 4.69) is 5.32 Å². The lowest BCUT2D eigenvalue weighted by atomic mass is 10.1. The van der Waals surface area contributed by atoms with Crippen molar-refractivity contribution < 1.29 is 8.78 Å². The normalized spacial score (nSPS) is 28.9. The Balaban J connectivity index is 2.39. The summed E-state index contributed by atoms with van der Waals surface area (Å²) < 4.78 is 24.4. The maximum Gasteiger partial charge on any atom is 0.243 e. The molecule has 0 radical (unpaired) electrons. The molecule has 0 spiro atoms. The van der Waals surface area contributed by atoms with Crippen molar-refractivity contribution in [3.63, 3.8) is 0 Å². The van der Waals surface area contributed by atoms with Crippen LogP contribution in [-0.2, 0) is 0 Å². The third kappa shape index (κ3) is 2.71. The molecule has 1 atom stereocenters. The van der Waals surface area contributed by atoms with Gasteiger partial charge in [0.25, 0.3) is 0 Å². The van der Waals surface area contributed by atoms with Crippen LogP contribution in [-0.4, -0.2) is 44.6 Å². The Labute approximate surface area is 65.6 Å². The second-order valence-electron chi connectivity index (χ2n) is 3.06. The van der Waals surface area contributed by atoms with Crippen LogP contribution in [0, 0.1) is 5.92 Å². The van der Waals surface area contributed by atoms with Gasteiger partial charge in [-0.05, 0) is 7.05 Å². The molecule has 1 saturated heterocycles.